The normalized spacial score (nSPS) is 22.7. The third-order valence-electron chi connectivity index (χ3n) is 6.55. The van der Waals surface area contributed by atoms with Crippen molar-refractivity contribution in [2.24, 2.45) is 17.8 Å². The van der Waals surface area contributed by atoms with Gasteiger partial charge in [-0.05, 0) is 43.4 Å². The van der Waals surface area contributed by atoms with Crippen molar-refractivity contribution in [2.45, 2.75) is 72.4 Å². The second-order valence-electron chi connectivity index (χ2n) is 10.5. The van der Waals surface area contributed by atoms with Crippen LogP contribution in [0.4, 0.5) is 16.3 Å². The number of aromatic amines is 1. The van der Waals surface area contributed by atoms with Gasteiger partial charge in [-0.3, -0.25) is 28.8 Å². The summed E-state index contributed by atoms with van der Waals surface area (Å²) in [6, 6.07) is -0.607. The van der Waals surface area contributed by atoms with Gasteiger partial charge in [-0.25, -0.2) is 9.59 Å². The van der Waals surface area contributed by atoms with Crippen LogP contribution in [-0.2, 0) is 16.1 Å². The molecule has 2 aliphatic rings. The van der Waals surface area contributed by atoms with E-state index >= 15 is 0 Å². The number of H-pyrrole nitrogens is 1. The van der Waals surface area contributed by atoms with Gasteiger partial charge < -0.3 is 16.0 Å². The number of hydrogen-bond donors (Lipinski definition) is 3. The van der Waals surface area contributed by atoms with Gasteiger partial charge in [0.25, 0.3) is 11.5 Å². The summed E-state index contributed by atoms with van der Waals surface area (Å²) in [4.78, 5) is 68.8. The number of nitrogens with one attached hydrogen (secondary N) is 2. The molecule has 1 aromatic heterocycles. The fourth-order valence-corrected chi connectivity index (χ4v) is 4.70. The van der Waals surface area contributed by atoms with Gasteiger partial charge in [0, 0.05) is 13.1 Å². The summed E-state index contributed by atoms with van der Waals surface area (Å²) >= 11 is 0. The summed E-state index contributed by atoms with van der Waals surface area (Å²) < 4.78 is 1.23. The largest absolute Gasteiger partial charge is 0.383 e. The van der Waals surface area contributed by atoms with Gasteiger partial charge in [-0.2, -0.15) is 0 Å². The van der Waals surface area contributed by atoms with Crippen LogP contribution in [0.15, 0.2) is 9.59 Å². The lowest BCUT2D eigenvalue weighted by atomic mass is 9.77. The van der Waals surface area contributed by atoms with Gasteiger partial charge in [0.15, 0.2) is 5.69 Å². The van der Waals surface area contributed by atoms with Crippen LogP contribution >= 0.6 is 0 Å². The Morgan fingerprint density at radius 1 is 1.12 bits per heavy atom. The zero-order chi connectivity index (χ0) is 25.4. The predicted molar refractivity (Wildman–Crippen MR) is 128 cm³/mol. The fourth-order valence-electron chi connectivity index (χ4n) is 4.70. The van der Waals surface area contributed by atoms with Crippen molar-refractivity contribution in [1.82, 2.24) is 19.8 Å². The number of anilines is 2. The highest BCUT2D eigenvalue weighted by Crippen LogP contribution is 2.36. The molecule has 0 unspecified atom stereocenters. The number of rotatable bonds is 7. The zero-order valence-electron chi connectivity index (χ0n) is 20.6. The van der Waals surface area contributed by atoms with E-state index in [0.29, 0.717) is 18.8 Å². The molecule has 1 saturated carbocycles. The minimum Gasteiger partial charge on any atom is -0.383 e. The summed E-state index contributed by atoms with van der Waals surface area (Å²) in [5, 5.41) is 2.80. The second-order valence-corrected chi connectivity index (χ2v) is 10.5. The molecule has 3 rings (SSSR count). The van der Waals surface area contributed by atoms with E-state index < -0.39 is 41.2 Å². The Morgan fingerprint density at radius 3 is 2.29 bits per heavy atom. The smallest absolute Gasteiger partial charge is 0.330 e. The number of aromatic nitrogens is 2. The maximum atomic E-state index is 13.4. The predicted octanol–water partition coefficient (Wildman–Crippen LogP) is 1.26. The molecular formula is C23H36N6O5. The number of hydrogen-bond acceptors (Lipinski definition) is 6. The third-order valence-corrected chi connectivity index (χ3v) is 6.55. The molecule has 11 nitrogen and oxygen atoms in total. The average molecular weight is 477 g/mol. The number of imide groups is 1. The number of nitrogens with zero attached hydrogens (tertiary/aromatic N) is 3. The summed E-state index contributed by atoms with van der Waals surface area (Å²) in [7, 11) is 0. The first-order chi connectivity index (χ1) is 15.9. The van der Waals surface area contributed by atoms with E-state index in [0.717, 1.165) is 17.7 Å². The van der Waals surface area contributed by atoms with Gasteiger partial charge in [0.1, 0.15) is 17.9 Å². The molecule has 2 fully saturated rings. The van der Waals surface area contributed by atoms with Gasteiger partial charge >= 0.3 is 11.7 Å². The van der Waals surface area contributed by atoms with E-state index in [-0.39, 0.29) is 36.4 Å². The Balaban J connectivity index is 1.93. The van der Waals surface area contributed by atoms with Crippen LogP contribution in [-0.4, -0.2) is 50.9 Å². The van der Waals surface area contributed by atoms with Crippen molar-refractivity contribution in [1.29, 1.82) is 0 Å². The second kappa shape index (κ2) is 9.63. The van der Waals surface area contributed by atoms with Gasteiger partial charge in [-0.1, -0.05) is 34.6 Å². The highest BCUT2D eigenvalue weighted by molar-refractivity contribution is 6.10. The molecule has 0 radical (unpaired) electrons. The maximum Gasteiger partial charge on any atom is 0.330 e. The van der Waals surface area contributed by atoms with Crippen molar-refractivity contribution in [3.8, 4) is 0 Å². The molecule has 34 heavy (non-hydrogen) atoms. The van der Waals surface area contributed by atoms with E-state index in [2.05, 4.69) is 17.2 Å². The highest BCUT2D eigenvalue weighted by atomic mass is 16.2. The van der Waals surface area contributed by atoms with E-state index in [4.69, 9.17) is 5.73 Å². The molecule has 1 saturated heterocycles. The Hall–Kier alpha value is -3.11. The number of nitrogen functional groups attached to an aromatic ring is 1. The maximum absolute atomic E-state index is 13.4. The van der Waals surface area contributed by atoms with Crippen LogP contribution in [0.25, 0.3) is 0 Å². The van der Waals surface area contributed by atoms with E-state index in [1.165, 1.54) is 9.47 Å². The zero-order valence-corrected chi connectivity index (χ0v) is 20.6. The number of urea groups is 1. The topological polar surface area (TPSA) is 151 Å². The molecule has 4 amide bonds. The van der Waals surface area contributed by atoms with Crippen LogP contribution in [0.2, 0.25) is 0 Å². The van der Waals surface area contributed by atoms with E-state index in [1.807, 2.05) is 27.7 Å². The van der Waals surface area contributed by atoms with Crippen LogP contribution in [0.5, 0.6) is 0 Å². The monoisotopic (exact) mass is 476 g/mol. The van der Waals surface area contributed by atoms with Crippen LogP contribution < -0.4 is 27.2 Å². The Labute approximate surface area is 198 Å². The number of carbonyl (C=O) groups is 3. The van der Waals surface area contributed by atoms with Crippen molar-refractivity contribution in [2.75, 3.05) is 23.7 Å². The SMILES string of the molecule is CC(C)CN(C(=O)CN1C(=O)NC2(CCC(C)CC2)C1=O)c1c(N)n(CC(C)C)c(=O)[nH]c1=O. The first-order valence-corrected chi connectivity index (χ1v) is 11.9. The molecule has 0 atom stereocenters. The van der Waals surface area contributed by atoms with Crippen LogP contribution in [0.1, 0.15) is 60.3 Å². The molecule has 188 valence electrons. The molecule has 0 aromatic carbocycles. The van der Waals surface area contributed by atoms with Gasteiger partial charge in [0.2, 0.25) is 5.91 Å². The van der Waals surface area contributed by atoms with E-state index in [9.17, 15) is 24.0 Å². The number of amides is 4. The minimum atomic E-state index is -0.965. The Bertz CT molecular complexity index is 1080. The third kappa shape index (κ3) is 4.88. The van der Waals surface area contributed by atoms with Crippen molar-refractivity contribution < 1.29 is 14.4 Å². The summed E-state index contributed by atoms with van der Waals surface area (Å²) in [5.74, 6) is -0.662. The average Bonchev–Trinajstić information content (AvgIpc) is 2.96. The van der Waals surface area contributed by atoms with E-state index in [1.54, 1.807) is 0 Å². The van der Waals surface area contributed by atoms with Crippen LogP contribution in [0, 0.1) is 17.8 Å². The molecule has 4 N–H and O–H groups in total. The summed E-state index contributed by atoms with van der Waals surface area (Å²) in [6.45, 7) is 9.49. The number of nitrogens with two attached hydrogens (primary N) is 1. The molecule has 1 aliphatic carbocycles. The molecule has 2 heterocycles. The first kappa shape index (κ1) is 25.5. The minimum absolute atomic E-state index is 0.0532. The molecule has 1 spiro atoms. The van der Waals surface area contributed by atoms with Crippen LogP contribution in [0.3, 0.4) is 0 Å². The quantitative estimate of drug-likeness (QED) is 0.504. The lowest BCUT2D eigenvalue weighted by Gasteiger charge is -2.33. The highest BCUT2D eigenvalue weighted by Gasteiger charge is 2.52. The molecule has 1 aromatic rings. The standard InChI is InChI=1S/C23H36N6O5/c1-13(2)10-27(17-18(24)28(11-14(3)4)21(33)25-19(17)31)16(30)12-29-20(32)23(26-22(29)34)8-6-15(5)7-9-23/h13-15H,6-12,24H2,1-5H3,(H,26,34)(H,25,31,33). The first-order valence-electron chi connectivity index (χ1n) is 11.9. The molecule has 11 heteroatoms. The number of carbonyl (C=O) groups excluding carboxylic acids is 3. The molecular weight excluding hydrogens is 440 g/mol. The summed E-state index contributed by atoms with van der Waals surface area (Å²) in [6.07, 6.45) is 2.70. The van der Waals surface area contributed by atoms with Gasteiger partial charge in [0.05, 0.1) is 0 Å². The van der Waals surface area contributed by atoms with Gasteiger partial charge in [-0.15, -0.1) is 0 Å². The fraction of sp³-hybridized carbons (Fsp3) is 0.696. The molecule has 0 bridgehead atoms. The Kier molecular flexibility index (Phi) is 7.23. The summed E-state index contributed by atoms with van der Waals surface area (Å²) in [5.41, 5.74) is 3.67. The van der Waals surface area contributed by atoms with Crippen molar-refractivity contribution in [3.63, 3.8) is 0 Å². The van der Waals surface area contributed by atoms with Crippen molar-refractivity contribution in [3.05, 3.63) is 20.8 Å². The van der Waals surface area contributed by atoms with Crippen molar-refractivity contribution >= 4 is 29.4 Å². The lowest BCUT2D eigenvalue weighted by molar-refractivity contribution is -0.135. The Morgan fingerprint density at radius 2 is 1.74 bits per heavy atom. The lowest BCUT2D eigenvalue weighted by Crippen LogP contribution is -2.50. The molecule has 1 aliphatic heterocycles.